The molecule has 0 heterocycles. The average molecular weight is 454 g/mol. The number of rotatable bonds is 7. The van der Waals surface area contributed by atoms with Crippen molar-refractivity contribution in [1.29, 1.82) is 5.26 Å². The molecule has 4 rings (SSSR count). The van der Waals surface area contributed by atoms with Crippen LogP contribution in [0.5, 0.6) is 5.75 Å². The van der Waals surface area contributed by atoms with Gasteiger partial charge in [-0.15, -0.1) is 0 Å². The third-order valence-electron chi connectivity index (χ3n) is 6.67. The van der Waals surface area contributed by atoms with E-state index in [2.05, 4.69) is 6.07 Å². The van der Waals surface area contributed by atoms with Crippen molar-refractivity contribution in [2.75, 3.05) is 13.7 Å². The third kappa shape index (κ3) is 4.20. The zero-order chi connectivity index (χ0) is 24.1. The van der Waals surface area contributed by atoms with Gasteiger partial charge in [-0.1, -0.05) is 54.6 Å². The molecule has 0 saturated heterocycles. The van der Waals surface area contributed by atoms with Crippen LogP contribution >= 0.6 is 0 Å². The van der Waals surface area contributed by atoms with Gasteiger partial charge < -0.3 is 9.47 Å². The Labute approximate surface area is 199 Å². The summed E-state index contributed by atoms with van der Waals surface area (Å²) in [5.41, 5.74) is 1.20. The maximum absolute atomic E-state index is 13.8. The summed E-state index contributed by atoms with van der Waals surface area (Å²) in [4.78, 5) is 27.2. The lowest BCUT2D eigenvalue weighted by atomic mass is 9.60. The molecule has 1 aliphatic rings. The number of ketones is 1. The molecule has 0 aromatic heterocycles. The molecule has 0 fully saturated rings. The lowest BCUT2D eigenvalue weighted by Gasteiger charge is -2.40. The van der Waals surface area contributed by atoms with Crippen LogP contribution < -0.4 is 4.74 Å². The fraction of sp³-hybridized carbons (Fsp3) is 0.276. The van der Waals surface area contributed by atoms with Crippen molar-refractivity contribution in [3.05, 3.63) is 83.9 Å². The Bertz CT molecular complexity index is 1290. The van der Waals surface area contributed by atoms with E-state index in [-0.39, 0.29) is 25.2 Å². The van der Waals surface area contributed by atoms with Gasteiger partial charge in [0.25, 0.3) is 0 Å². The van der Waals surface area contributed by atoms with E-state index >= 15 is 0 Å². The van der Waals surface area contributed by atoms with Crippen molar-refractivity contribution in [2.45, 2.75) is 32.1 Å². The molecule has 2 atom stereocenters. The largest absolute Gasteiger partial charge is 0.497 e. The molecule has 0 N–H and O–H groups in total. The first-order valence-corrected chi connectivity index (χ1v) is 11.5. The Morgan fingerprint density at radius 3 is 2.50 bits per heavy atom. The van der Waals surface area contributed by atoms with E-state index < -0.39 is 17.3 Å². The minimum atomic E-state index is -1.44. The number of hydrogen-bond acceptors (Lipinski definition) is 5. The molecule has 0 amide bonds. The van der Waals surface area contributed by atoms with E-state index in [9.17, 15) is 14.9 Å². The summed E-state index contributed by atoms with van der Waals surface area (Å²) in [6.45, 7) is 1.90. The van der Waals surface area contributed by atoms with Crippen LogP contribution in [0.3, 0.4) is 0 Å². The number of methoxy groups -OCH3 is 1. The monoisotopic (exact) mass is 453 g/mol. The lowest BCUT2D eigenvalue weighted by Crippen LogP contribution is -2.47. The molecule has 5 heteroatoms. The number of fused-ring (bicyclic) bond motifs is 1. The average Bonchev–Trinajstić information content (AvgIpc) is 2.87. The van der Waals surface area contributed by atoms with E-state index in [1.54, 1.807) is 20.1 Å². The molecule has 3 aromatic carbocycles. The van der Waals surface area contributed by atoms with Crippen LogP contribution in [0, 0.1) is 16.7 Å². The number of carbonyl (C=O) groups excluding carboxylic acids is 2. The van der Waals surface area contributed by atoms with Gasteiger partial charge in [-0.05, 0) is 65.4 Å². The minimum absolute atomic E-state index is 0.0837. The highest BCUT2D eigenvalue weighted by molar-refractivity contribution is 6.14. The van der Waals surface area contributed by atoms with Crippen molar-refractivity contribution in [3.8, 4) is 11.8 Å². The molecule has 1 aliphatic carbocycles. The Hall–Kier alpha value is -3.91. The summed E-state index contributed by atoms with van der Waals surface area (Å²) in [6.07, 6.45) is 2.24. The molecule has 172 valence electrons. The molecule has 34 heavy (non-hydrogen) atoms. The summed E-state index contributed by atoms with van der Waals surface area (Å²) in [5.74, 6) is -0.596. The molecule has 0 radical (unpaired) electrons. The fourth-order valence-electron chi connectivity index (χ4n) is 4.90. The highest BCUT2D eigenvalue weighted by Gasteiger charge is 2.54. The Morgan fingerprint density at radius 1 is 1.09 bits per heavy atom. The number of nitriles is 1. The summed E-state index contributed by atoms with van der Waals surface area (Å²) in [5, 5.41) is 11.5. The predicted molar refractivity (Wildman–Crippen MR) is 131 cm³/mol. The number of allylic oxidation sites excluding steroid dienone is 2. The van der Waals surface area contributed by atoms with E-state index in [0.717, 1.165) is 33.2 Å². The summed E-state index contributed by atoms with van der Waals surface area (Å²) < 4.78 is 10.7. The highest BCUT2D eigenvalue weighted by Crippen LogP contribution is 2.51. The van der Waals surface area contributed by atoms with Gasteiger partial charge in [0.05, 0.1) is 19.8 Å². The number of benzene rings is 3. The number of carbonyl (C=O) groups is 2. The molecule has 0 aliphatic heterocycles. The van der Waals surface area contributed by atoms with Crippen LogP contribution in [0.2, 0.25) is 0 Å². The van der Waals surface area contributed by atoms with Crippen LogP contribution in [0.15, 0.2) is 72.8 Å². The number of nitrogens with zero attached hydrogens (tertiary/aromatic N) is 1. The molecule has 0 saturated carbocycles. The number of esters is 1. The van der Waals surface area contributed by atoms with E-state index in [1.807, 2.05) is 66.7 Å². The normalized spacial score (nSPS) is 19.9. The molecule has 0 bridgehead atoms. The molecular formula is C29H27NO4. The molecule has 3 aromatic rings. The van der Waals surface area contributed by atoms with Gasteiger partial charge in [-0.25, -0.2) is 0 Å². The topological polar surface area (TPSA) is 76.4 Å². The Kier molecular flexibility index (Phi) is 6.79. The van der Waals surface area contributed by atoms with E-state index in [4.69, 9.17) is 9.47 Å². The first-order chi connectivity index (χ1) is 16.5. The minimum Gasteiger partial charge on any atom is -0.497 e. The SMILES string of the molecule is CCOC(=O)C1(CCC#N)C(=O)C=C(c2ccc(OC)cc2)CC1c1ccc2ccccc2c1. The van der Waals surface area contributed by atoms with Crippen LogP contribution in [-0.2, 0) is 14.3 Å². The van der Waals surface area contributed by atoms with Gasteiger partial charge in [0.2, 0.25) is 0 Å². The highest BCUT2D eigenvalue weighted by atomic mass is 16.5. The summed E-state index contributed by atoms with van der Waals surface area (Å²) in [7, 11) is 1.61. The Morgan fingerprint density at radius 2 is 1.82 bits per heavy atom. The van der Waals surface area contributed by atoms with Crippen molar-refractivity contribution in [3.63, 3.8) is 0 Å². The number of ether oxygens (including phenoxy) is 2. The second kappa shape index (κ2) is 9.93. The second-order valence-electron chi connectivity index (χ2n) is 8.48. The first kappa shape index (κ1) is 23.3. The molecular weight excluding hydrogens is 426 g/mol. The molecule has 0 spiro atoms. The molecule has 5 nitrogen and oxygen atoms in total. The van der Waals surface area contributed by atoms with Crippen molar-refractivity contribution >= 4 is 28.1 Å². The summed E-state index contributed by atoms with van der Waals surface area (Å²) >= 11 is 0. The zero-order valence-electron chi connectivity index (χ0n) is 19.4. The number of hydrogen-bond donors (Lipinski definition) is 0. The first-order valence-electron chi connectivity index (χ1n) is 11.5. The zero-order valence-corrected chi connectivity index (χ0v) is 19.4. The van der Waals surface area contributed by atoms with Crippen molar-refractivity contribution < 1.29 is 19.1 Å². The fourth-order valence-corrected chi connectivity index (χ4v) is 4.90. The van der Waals surface area contributed by atoms with Gasteiger partial charge in [0.15, 0.2) is 5.78 Å². The predicted octanol–water partition coefficient (Wildman–Crippen LogP) is 5.84. The lowest BCUT2D eigenvalue weighted by molar-refractivity contribution is -0.161. The van der Waals surface area contributed by atoms with Crippen molar-refractivity contribution in [2.24, 2.45) is 5.41 Å². The van der Waals surface area contributed by atoms with Crippen LogP contribution in [0.1, 0.15) is 43.2 Å². The van der Waals surface area contributed by atoms with Gasteiger partial charge >= 0.3 is 5.97 Å². The standard InChI is InChI=1S/C29H27NO4/c1-3-34-28(32)29(15-6-16-30)26(23-10-9-20-7-4-5-8-22(20)17-23)18-24(19-27(29)31)21-11-13-25(33-2)14-12-21/h4-5,7-14,17,19,26H,3,6,15,18H2,1-2H3. The van der Waals surface area contributed by atoms with Crippen molar-refractivity contribution in [1.82, 2.24) is 0 Å². The quantitative estimate of drug-likeness (QED) is 0.332. The van der Waals surface area contributed by atoms with Gasteiger partial charge in [-0.3, -0.25) is 9.59 Å². The van der Waals surface area contributed by atoms with E-state index in [1.165, 1.54) is 0 Å². The van der Waals surface area contributed by atoms with Gasteiger partial charge in [-0.2, -0.15) is 5.26 Å². The van der Waals surface area contributed by atoms with Gasteiger partial charge in [0, 0.05) is 12.3 Å². The maximum Gasteiger partial charge on any atom is 0.320 e. The Balaban J connectivity index is 1.88. The molecule has 2 unspecified atom stereocenters. The van der Waals surface area contributed by atoms with Crippen LogP contribution in [0.25, 0.3) is 16.3 Å². The van der Waals surface area contributed by atoms with E-state index in [0.29, 0.717) is 6.42 Å². The maximum atomic E-state index is 13.8. The summed E-state index contributed by atoms with van der Waals surface area (Å²) in [6, 6.07) is 23.7. The van der Waals surface area contributed by atoms with Gasteiger partial charge in [0.1, 0.15) is 11.2 Å². The second-order valence-corrected chi connectivity index (χ2v) is 8.48. The third-order valence-corrected chi connectivity index (χ3v) is 6.67. The van der Waals surface area contributed by atoms with Crippen LogP contribution in [-0.4, -0.2) is 25.5 Å². The smallest absolute Gasteiger partial charge is 0.320 e. The van der Waals surface area contributed by atoms with Crippen LogP contribution in [0.4, 0.5) is 0 Å².